The summed E-state index contributed by atoms with van der Waals surface area (Å²) in [6.45, 7) is 4.68. The smallest absolute Gasteiger partial charge is 0.360 e. The van der Waals surface area contributed by atoms with Crippen LogP contribution in [0.25, 0.3) is 0 Å². The monoisotopic (exact) mass is 373 g/mol. The molecule has 9 nitrogen and oxygen atoms in total. The Balaban J connectivity index is 1.55. The van der Waals surface area contributed by atoms with Crippen molar-refractivity contribution in [2.75, 3.05) is 44.8 Å². The lowest BCUT2D eigenvalue weighted by Crippen LogP contribution is -2.49. The summed E-state index contributed by atoms with van der Waals surface area (Å²) < 4.78 is 11.6. The Labute approximate surface area is 157 Å². The molecule has 1 aliphatic heterocycles. The molecular formula is C18H23N5O4. The summed E-state index contributed by atoms with van der Waals surface area (Å²) in [6.07, 6.45) is 1.43. The quantitative estimate of drug-likeness (QED) is 0.692. The van der Waals surface area contributed by atoms with Crippen LogP contribution in [0.15, 0.2) is 30.5 Å². The predicted molar refractivity (Wildman–Crippen MR) is 97.8 cm³/mol. The summed E-state index contributed by atoms with van der Waals surface area (Å²) >= 11 is 0. The van der Waals surface area contributed by atoms with E-state index in [-0.39, 0.29) is 24.8 Å². The summed E-state index contributed by atoms with van der Waals surface area (Å²) in [5, 5.41) is 7.58. The summed E-state index contributed by atoms with van der Waals surface area (Å²) in [7, 11) is 1.65. The number of carbonyl (C=O) groups excluding carboxylic acids is 2. The first-order valence-electron chi connectivity index (χ1n) is 8.85. The van der Waals surface area contributed by atoms with Gasteiger partial charge in [0.25, 0.3) is 0 Å². The molecular weight excluding hydrogens is 350 g/mol. The van der Waals surface area contributed by atoms with Gasteiger partial charge in [-0.3, -0.25) is 4.79 Å². The van der Waals surface area contributed by atoms with Gasteiger partial charge in [-0.1, -0.05) is 17.3 Å². The Morgan fingerprint density at radius 1 is 1.15 bits per heavy atom. The predicted octanol–water partition coefficient (Wildman–Crippen LogP) is 0.812. The molecule has 1 aromatic carbocycles. The number of nitrogens with zero attached hydrogens (tertiary/aromatic N) is 5. The number of aromatic nitrogens is 3. The minimum atomic E-state index is -0.540. The normalized spacial score (nSPS) is 14.1. The van der Waals surface area contributed by atoms with Crippen molar-refractivity contribution in [2.45, 2.75) is 13.5 Å². The van der Waals surface area contributed by atoms with Crippen LogP contribution in [0.3, 0.4) is 0 Å². The lowest BCUT2D eigenvalue weighted by Gasteiger charge is -2.36. The van der Waals surface area contributed by atoms with E-state index in [2.05, 4.69) is 15.2 Å². The van der Waals surface area contributed by atoms with E-state index in [1.807, 2.05) is 24.3 Å². The highest BCUT2D eigenvalue weighted by Gasteiger charge is 2.23. The third-order valence-electron chi connectivity index (χ3n) is 4.38. The van der Waals surface area contributed by atoms with Crippen LogP contribution in [0, 0.1) is 0 Å². The summed E-state index contributed by atoms with van der Waals surface area (Å²) in [5.74, 6) is 0.225. The van der Waals surface area contributed by atoms with Gasteiger partial charge in [-0.25, -0.2) is 9.48 Å². The van der Waals surface area contributed by atoms with Crippen LogP contribution >= 0.6 is 0 Å². The van der Waals surface area contributed by atoms with Gasteiger partial charge in [0.1, 0.15) is 12.3 Å². The summed E-state index contributed by atoms with van der Waals surface area (Å²) in [5.41, 5.74) is 1.13. The average molecular weight is 373 g/mol. The third-order valence-corrected chi connectivity index (χ3v) is 4.38. The fourth-order valence-electron chi connectivity index (χ4n) is 3.00. The molecule has 1 saturated heterocycles. The molecule has 0 radical (unpaired) electrons. The van der Waals surface area contributed by atoms with Gasteiger partial charge in [-0.05, 0) is 19.1 Å². The van der Waals surface area contributed by atoms with Gasteiger partial charge in [0.2, 0.25) is 5.91 Å². The number of esters is 1. The maximum Gasteiger partial charge on any atom is 0.360 e. The van der Waals surface area contributed by atoms with E-state index in [0.29, 0.717) is 13.1 Å². The standard InChI is InChI=1S/C18H23N5O4/c1-3-27-18(25)14-12-23(20-19-14)13-17(24)22-10-8-21(9-11-22)15-6-4-5-7-16(15)26-2/h4-7,12H,3,8-11,13H2,1-2H3. The van der Waals surface area contributed by atoms with Crippen LogP contribution in [0.5, 0.6) is 5.75 Å². The molecule has 1 aromatic heterocycles. The number of rotatable bonds is 6. The number of hydrogen-bond acceptors (Lipinski definition) is 7. The van der Waals surface area contributed by atoms with E-state index in [1.165, 1.54) is 10.9 Å². The second kappa shape index (κ2) is 8.52. The molecule has 0 unspecified atom stereocenters. The molecule has 144 valence electrons. The Bertz CT molecular complexity index is 799. The number of piperazine rings is 1. The number of ether oxygens (including phenoxy) is 2. The van der Waals surface area contributed by atoms with Crippen molar-refractivity contribution in [1.29, 1.82) is 0 Å². The molecule has 3 rings (SSSR count). The Hall–Kier alpha value is -3.10. The largest absolute Gasteiger partial charge is 0.495 e. The summed E-state index contributed by atoms with van der Waals surface area (Å²) in [4.78, 5) is 28.1. The van der Waals surface area contributed by atoms with Gasteiger partial charge in [0.15, 0.2) is 5.69 Å². The van der Waals surface area contributed by atoms with Crippen LogP contribution in [-0.2, 0) is 16.1 Å². The molecule has 0 atom stereocenters. The van der Waals surface area contributed by atoms with Crippen molar-refractivity contribution < 1.29 is 19.1 Å². The molecule has 27 heavy (non-hydrogen) atoms. The van der Waals surface area contributed by atoms with Crippen molar-refractivity contribution >= 4 is 17.6 Å². The lowest BCUT2D eigenvalue weighted by molar-refractivity contribution is -0.132. The zero-order valence-electron chi connectivity index (χ0n) is 15.5. The first-order valence-corrected chi connectivity index (χ1v) is 8.85. The molecule has 0 N–H and O–H groups in total. The Kier molecular flexibility index (Phi) is 5.90. The topological polar surface area (TPSA) is 89.8 Å². The van der Waals surface area contributed by atoms with Gasteiger partial charge < -0.3 is 19.3 Å². The number of anilines is 1. The van der Waals surface area contributed by atoms with Crippen LogP contribution in [-0.4, -0.2) is 71.7 Å². The minimum Gasteiger partial charge on any atom is -0.495 e. The minimum absolute atomic E-state index is 0.0427. The number of amides is 1. The molecule has 2 heterocycles. The van der Waals surface area contributed by atoms with Crippen molar-refractivity contribution in [2.24, 2.45) is 0 Å². The highest BCUT2D eigenvalue weighted by Crippen LogP contribution is 2.28. The van der Waals surface area contributed by atoms with E-state index in [4.69, 9.17) is 9.47 Å². The van der Waals surface area contributed by atoms with Gasteiger partial charge in [-0.2, -0.15) is 0 Å². The van der Waals surface area contributed by atoms with Crippen LogP contribution < -0.4 is 9.64 Å². The number of para-hydroxylation sites is 2. The Morgan fingerprint density at radius 2 is 1.89 bits per heavy atom. The van der Waals surface area contributed by atoms with E-state index in [0.717, 1.165) is 24.5 Å². The van der Waals surface area contributed by atoms with Crippen molar-refractivity contribution in [1.82, 2.24) is 19.9 Å². The Morgan fingerprint density at radius 3 is 2.59 bits per heavy atom. The molecule has 0 spiro atoms. The van der Waals surface area contributed by atoms with E-state index < -0.39 is 5.97 Å². The van der Waals surface area contributed by atoms with Crippen molar-refractivity contribution in [3.63, 3.8) is 0 Å². The van der Waals surface area contributed by atoms with Gasteiger partial charge >= 0.3 is 5.97 Å². The highest BCUT2D eigenvalue weighted by atomic mass is 16.5. The SMILES string of the molecule is CCOC(=O)c1cn(CC(=O)N2CCN(c3ccccc3OC)CC2)nn1. The van der Waals surface area contributed by atoms with Crippen LogP contribution in [0.4, 0.5) is 5.69 Å². The van der Waals surface area contributed by atoms with E-state index >= 15 is 0 Å². The molecule has 1 amide bonds. The van der Waals surface area contributed by atoms with E-state index in [1.54, 1.807) is 18.9 Å². The van der Waals surface area contributed by atoms with Crippen LogP contribution in [0.1, 0.15) is 17.4 Å². The first-order chi connectivity index (χ1) is 13.1. The zero-order chi connectivity index (χ0) is 19.2. The fraction of sp³-hybridized carbons (Fsp3) is 0.444. The number of hydrogen-bond donors (Lipinski definition) is 0. The zero-order valence-corrected chi connectivity index (χ0v) is 15.5. The highest BCUT2D eigenvalue weighted by molar-refractivity contribution is 5.86. The number of benzene rings is 1. The van der Waals surface area contributed by atoms with Crippen molar-refractivity contribution in [3.05, 3.63) is 36.2 Å². The van der Waals surface area contributed by atoms with Gasteiger partial charge in [0.05, 0.1) is 25.6 Å². The molecule has 1 aliphatic rings. The molecule has 2 aromatic rings. The first kappa shape index (κ1) is 18.7. The lowest BCUT2D eigenvalue weighted by atomic mass is 10.2. The second-order valence-electron chi connectivity index (χ2n) is 6.06. The molecule has 9 heteroatoms. The van der Waals surface area contributed by atoms with Crippen LogP contribution in [0.2, 0.25) is 0 Å². The number of carbonyl (C=O) groups is 2. The molecule has 0 saturated carbocycles. The third kappa shape index (κ3) is 4.36. The average Bonchev–Trinajstić information content (AvgIpc) is 3.17. The fourth-order valence-corrected chi connectivity index (χ4v) is 3.00. The molecule has 1 fully saturated rings. The summed E-state index contributed by atoms with van der Waals surface area (Å²) in [6, 6.07) is 7.85. The maximum atomic E-state index is 12.5. The molecule has 0 aliphatic carbocycles. The van der Waals surface area contributed by atoms with Crippen molar-refractivity contribution in [3.8, 4) is 5.75 Å². The molecule has 0 bridgehead atoms. The maximum absolute atomic E-state index is 12.5. The second-order valence-corrected chi connectivity index (χ2v) is 6.06. The van der Waals surface area contributed by atoms with Gasteiger partial charge in [-0.15, -0.1) is 5.10 Å². The van der Waals surface area contributed by atoms with Gasteiger partial charge in [0, 0.05) is 26.2 Å². The van der Waals surface area contributed by atoms with E-state index in [9.17, 15) is 9.59 Å². The number of methoxy groups -OCH3 is 1.